The molecule has 1 aromatic heterocycles. The summed E-state index contributed by atoms with van der Waals surface area (Å²) in [5.74, 6) is -1.98. The van der Waals surface area contributed by atoms with Crippen molar-refractivity contribution >= 4 is 17.9 Å². The molecule has 0 radical (unpaired) electrons. The topological polar surface area (TPSA) is 91.8 Å². The van der Waals surface area contributed by atoms with Crippen LogP contribution in [0.5, 0.6) is 0 Å². The summed E-state index contributed by atoms with van der Waals surface area (Å²) in [4.78, 5) is 42.7. The number of rotatable bonds is 8. The Morgan fingerprint density at radius 3 is 2.62 bits per heavy atom. The van der Waals surface area contributed by atoms with Crippen LogP contribution in [0, 0.1) is 5.92 Å². The molecule has 1 atom stereocenters. The molecular weight excluding hydrogens is 429 g/mol. The standard InChI is InChI=1S/C21H29F3N4O4/c1-20(2,3)32-19(31)27(12-15-6-4-7-25-11-15)9-5-8-26-18(30)16-10-17(29)28(13-16)14-21(22,23)24/h4,6-7,11,16H,5,8-10,12-14H2,1-3H3,(H,26,30). The maximum atomic E-state index is 12.5. The Kier molecular flexibility index (Phi) is 8.45. The van der Waals surface area contributed by atoms with Crippen LogP contribution >= 0.6 is 0 Å². The van der Waals surface area contributed by atoms with Gasteiger partial charge in [-0.05, 0) is 38.8 Å². The number of carbonyl (C=O) groups excluding carboxylic acids is 3. The van der Waals surface area contributed by atoms with Crippen molar-refractivity contribution in [2.45, 2.75) is 51.9 Å². The van der Waals surface area contributed by atoms with Crippen molar-refractivity contribution in [2.24, 2.45) is 5.92 Å². The third-order valence-corrected chi connectivity index (χ3v) is 4.61. The van der Waals surface area contributed by atoms with E-state index in [2.05, 4.69) is 10.3 Å². The zero-order chi connectivity index (χ0) is 23.9. The van der Waals surface area contributed by atoms with E-state index in [0.717, 1.165) is 5.56 Å². The van der Waals surface area contributed by atoms with E-state index >= 15 is 0 Å². The highest BCUT2D eigenvalue weighted by atomic mass is 19.4. The molecule has 1 saturated heterocycles. The number of aromatic nitrogens is 1. The summed E-state index contributed by atoms with van der Waals surface area (Å²) in [6.45, 7) is 4.45. The van der Waals surface area contributed by atoms with Crippen molar-refractivity contribution in [1.82, 2.24) is 20.1 Å². The summed E-state index contributed by atoms with van der Waals surface area (Å²) in [5, 5.41) is 2.64. The molecule has 178 valence electrons. The van der Waals surface area contributed by atoms with Crippen molar-refractivity contribution in [3.8, 4) is 0 Å². The molecule has 1 unspecified atom stereocenters. The minimum Gasteiger partial charge on any atom is -0.444 e. The van der Waals surface area contributed by atoms with Crippen molar-refractivity contribution in [1.29, 1.82) is 0 Å². The van der Waals surface area contributed by atoms with Crippen LogP contribution in [0.1, 0.15) is 39.2 Å². The lowest BCUT2D eigenvalue weighted by molar-refractivity contribution is -0.157. The van der Waals surface area contributed by atoms with E-state index in [9.17, 15) is 27.6 Å². The fourth-order valence-electron chi connectivity index (χ4n) is 3.22. The monoisotopic (exact) mass is 458 g/mol. The second-order valence-corrected chi connectivity index (χ2v) is 8.70. The molecule has 1 aromatic rings. The van der Waals surface area contributed by atoms with Crippen molar-refractivity contribution in [3.63, 3.8) is 0 Å². The van der Waals surface area contributed by atoms with E-state index in [1.54, 1.807) is 39.2 Å². The summed E-state index contributed by atoms with van der Waals surface area (Å²) in [7, 11) is 0. The van der Waals surface area contributed by atoms with Crippen LogP contribution in [-0.4, -0.2) is 70.6 Å². The van der Waals surface area contributed by atoms with Gasteiger partial charge in [-0.1, -0.05) is 6.07 Å². The average molecular weight is 458 g/mol. The maximum Gasteiger partial charge on any atom is 0.410 e. The molecule has 8 nitrogen and oxygen atoms in total. The molecule has 0 bridgehead atoms. The van der Waals surface area contributed by atoms with Gasteiger partial charge < -0.3 is 19.9 Å². The largest absolute Gasteiger partial charge is 0.444 e. The number of hydrogen-bond acceptors (Lipinski definition) is 5. The fraction of sp³-hybridized carbons (Fsp3) is 0.619. The number of pyridine rings is 1. The maximum absolute atomic E-state index is 12.5. The SMILES string of the molecule is CC(C)(C)OC(=O)N(CCCNC(=O)C1CC(=O)N(CC(F)(F)F)C1)Cc1cccnc1. The van der Waals surface area contributed by atoms with E-state index in [0.29, 0.717) is 11.3 Å². The lowest BCUT2D eigenvalue weighted by atomic mass is 10.1. The number of amides is 3. The molecule has 0 spiro atoms. The Balaban J connectivity index is 1.84. The predicted molar refractivity (Wildman–Crippen MR) is 109 cm³/mol. The molecule has 0 aromatic carbocycles. The Labute approximate surface area is 185 Å². The number of halogens is 3. The summed E-state index contributed by atoms with van der Waals surface area (Å²) in [5.41, 5.74) is 0.145. The van der Waals surface area contributed by atoms with Crippen LogP contribution in [0.25, 0.3) is 0 Å². The van der Waals surface area contributed by atoms with E-state index in [1.807, 2.05) is 6.07 Å². The minimum atomic E-state index is -4.50. The summed E-state index contributed by atoms with van der Waals surface area (Å²) in [6, 6.07) is 3.59. The molecular formula is C21H29F3N4O4. The first-order valence-electron chi connectivity index (χ1n) is 10.3. The number of ether oxygens (including phenoxy) is 1. The van der Waals surface area contributed by atoms with Crippen molar-refractivity contribution < 1.29 is 32.3 Å². The van der Waals surface area contributed by atoms with E-state index < -0.39 is 42.1 Å². The first-order chi connectivity index (χ1) is 14.8. The van der Waals surface area contributed by atoms with Crippen LogP contribution in [0.3, 0.4) is 0 Å². The van der Waals surface area contributed by atoms with Gasteiger partial charge in [-0.3, -0.25) is 14.6 Å². The molecule has 0 saturated carbocycles. The highest BCUT2D eigenvalue weighted by molar-refractivity contribution is 5.89. The van der Waals surface area contributed by atoms with E-state index in [1.165, 1.54) is 4.90 Å². The average Bonchev–Trinajstić information content (AvgIpc) is 3.02. The second kappa shape index (κ2) is 10.6. The first-order valence-corrected chi connectivity index (χ1v) is 10.3. The lowest BCUT2D eigenvalue weighted by Crippen LogP contribution is -2.39. The third-order valence-electron chi connectivity index (χ3n) is 4.61. The summed E-state index contributed by atoms with van der Waals surface area (Å²) >= 11 is 0. The molecule has 1 N–H and O–H groups in total. The number of alkyl halides is 3. The van der Waals surface area contributed by atoms with Crippen LogP contribution in [0.4, 0.5) is 18.0 Å². The Bertz CT molecular complexity index is 796. The van der Waals surface area contributed by atoms with Gasteiger partial charge >= 0.3 is 12.3 Å². The molecule has 2 rings (SSSR count). The van der Waals surface area contributed by atoms with Gasteiger partial charge in [0.1, 0.15) is 12.1 Å². The normalized spacial score (nSPS) is 16.8. The zero-order valence-corrected chi connectivity index (χ0v) is 18.4. The van der Waals surface area contributed by atoms with Gasteiger partial charge in [-0.25, -0.2) is 4.79 Å². The number of hydrogen-bond donors (Lipinski definition) is 1. The van der Waals surface area contributed by atoms with Gasteiger partial charge in [0.05, 0.1) is 12.5 Å². The number of likely N-dealkylation sites (tertiary alicyclic amines) is 1. The molecule has 2 heterocycles. The van der Waals surface area contributed by atoms with Crippen LogP contribution < -0.4 is 5.32 Å². The predicted octanol–water partition coefficient (Wildman–Crippen LogP) is 2.74. The smallest absolute Gasteiger partial charge is 0.410 e. The highest BCUT2D eigenvalue weighted by Crippen LogP contribution is 2.24. The van der Waals surface area contributed by atoms with Gasteiger partial charge in [-0.2, -0.15) is 13.2 Å². The molecule has 1 fully saturated rings. The Morgan fingerprint density at radius 1 is 1.31 bits per heavy atom. The lowest BCUT2D eigenvalue weighted by Gasteiger charge is -2.27. The van der Waals surface area contributed by atoms with E-state index in [4.69, 9.17) is 4.74 Å². The fourth-order valence-corrected chi connectivity index (χ4v) is 3.22. The van der Waals surface area contributed by atoms with Crippen LogP contribution in [0.2, 0.25) is 0 Å². The highest BCUT2D eigenvalue weighted by Gasteiger charge is 2.40. The van der Waals surface area contributed by atoms with Crippen molar-refractivity contribution in [3.05, 3.63) is 30.1 Å². The molecule has 3 amide bonds. The zero-order valence-electron chi connectivity index (χ0n) is 18.4. The van der Waals surface area contributed by atoms with Gasteiger partial charge in [-0.15, -0.1) is 0 Å². The van der Waals surface area contributed by atoms with Gasteiger partial charge in [0.15, 0.2) is 0 Å². The second-order valence-electron chi connectivity index (χ2n) is 8.70. The molecule has 1 aliphatic heterocycles. The van der Waals surface area contributed by atoms with Gasteiger partial charge in [0.25, 0.3) is 0 Å². The first kappa shape index (κ1) is 25.4. The molecule has 11 heteroatoms. The van der Waals surface area contributed by atoms with Gasteiger partial charge in [0, 0.05) is 38.4 Å². The minimum absolute atomic E-state index is 0.204. The van der Waals surface area contributed by atoms with E-state index in [-0.39, 0.29) is 32.6 Å². The van der Waals surface area contributed by atoms with Gasteiger partial charge in [0.2, 0.25) is 11.8 Å². The summed E-state index contributed by atoms with van der Waals surface area (Å²) < 4.78 is 43.0. The number of carbonyl (C=O) groups is 3. The molecule has 32 heavy (non-hydrogen) atoms. The number of nitrogens with one attached hydrogen (secondary N) is 1. The van der Waals surface area contributed by atoms with Crippen LogP contribution in [0.15, 0.2) is 24.5 Å². The number of nitrogens with zero attached hydrogens (tertiary/aromatic N) is 3. The summed E-state index contributed by atoms with van der Waals surface area (Å²) in [6.07, 6.45) is -1.58. The third kappa shape index (κ3) is 8.72. The Morgan fingerprint density at radius 2 is 2.03 bits per heavy atom. The molecule has 0 aliphatic carbocycles. The Hall–Kier alpha value is -2.85. The van der Waals surface area contributed by atoms with Crippen molar-refractivity contribution in [2.75, 3.05) is 26.2 Å². The quantitative estimate of drug-likeness (QED) is 0.605. The van der Waals surface area contributed by atoms with Crippen LogP contribution in [-0.2, 0) is 20.9 Å². The molecule has 1 aliphatic rings.